The number of hydrogen-bond donors (Lipinski definition) is 0. The average molecular weight is 307 g/mol. The largest absolute Gasteiger partial charge is 0.355 e. The third-order valence-corrected chi connectivity index (χ3v) is 4.72. The van der Waals surface area contributed by atoms with Crippen LogP contribution in [0, 0.1) is 0 Å². The van der Waals surface area contributed by atoms with Crippen LogP contribution in [0.4, 0.5) is 5.82 Å². The first-order valence-corrected chi connectivity index (χ1v) is 8.33. The van der Waals surface area contributed by atoms with Gasteiger partial charge in [0.15, 0.2) is 0 Å². The quantitative estimate of drug-likeness (QED) is 0.745. The van der Waals surface area contributed by atoms with Gasteiger partial charge in [-0.05, 0) is 31.2 Å². The van der Waals surface area contributed by atoms with Crippen LogP contribution in [-0.4, -0.2) is 32.8 Å². The molecule has 0 spiro atoms. The van der Waals surface area contributed by atoms with E-state index in [2.05, 4.69) is 61.9 Å². The van der Waals surface area contributed by atoms with Crippen LogP contribution in [0.2, 0.25) is 0 Å². The fraction of sp³-hybridized carbons (Fsp3) is 0.389. The molecule has 5 nitrogen and oxygen atoms in total. The zero-order valence-electron chi connectivity index (χ0n) is 13.4. The van der Waals surface area contributed by atoms with Gasteiger partial charge in [-0.2, -0.15) is 0 Å². The molecule has 0 bridgehead atoms. The molecule has 1 aliphatic rings. The second-order valence-corrected chi connectivity index (χ2v) is 6.12. The van der Waals surface area contributed by atoms with Crippen molar-refractivity contribution >= 4 is 16.6 Å². The maximum Gasteiger partial charge on any atom is 0.137 e. The van der Waals surface area contributed by atoms with Crippen molar-refractivity contribution in [1.82, 2.24) is 19.7 Å². The number of anilines is 1. The summed E-state index contributed by atoms with van der Waals surface area (Å²) < 4.78 is 2.16. The van der Waals surface area contributed by atoms with E-state index in [9.17, 15) is 0 Å². The average Bonchev–Trinajstić information content (AvgIpc) is 3.10. The molecule has 23 heavy (non-hydrogen) atoms. The maximum absolute atomic E-state index is 4.67. The lowest BCUT2D eigenvalue weighted by molar-refractivity contribution is 0.472. The van der Waals surface area contributed by atoms with Gasteiger partial charge in [0.2, 0.25) is 0 Å². The zero-order chi connectivity index (χ0) is 15.6. The first-order valence-electron chi connectivity index (χ1n) is 8.33. The fourth-order valence-electron chi connectivity index (χ4n) is 3.56. The summed E-state index contributed by atoms with van der Waals surface area (Å²) in [6, 6.07) is 10.6. The van der Waals surface area contributed by atoms with Crippen LogP contribution in [0.15, 0.2) is 42.9 Å². The molecule has 2 aromatic heterocycles. The molecule has 1 fully saturated rings. The van der Waals surface area contributed by atoms with Crippen molar-refractivity contribution in [3.05, 3.63) is 48.7 Å². The third kappa shape index (κ3) is 2.56. The van der Waals surface area contributed by atoms with Gasteiger partial charge < -0.3 is 9.47 Å². The van der Waals surface area contributed by atoms with E-state index >= 15 is 0 Å². The minimum absolute atomic E-state index is 0.423. The van der Waals surface area contributed by atoms with Crippen LogP contribution in [0.1, 0.15) is 31.5 Å². The molecule has 1 unspecified atom stereocenters. The van der Waals surface area contributed by atoms with E-state index in [0.29, 0.717) is 5.92 Å². The minimum Gasteiger partial charge on any atom is -0.355 e. The van der Waals surface area contributed by atoms with E-state index < -0.39 is 0 Å². The number of pyridine rings is 1. The highest BCUT2D eigenvalue weighted by Crippen LogP contribution is 2.31. The van der Waals surface area contributed by atoms with Crippen molar-refractivity contribution in [3.63, 3.8) is 0 Å². The minimum atomic E-state index is 0.423. The molecule has 4 rings (SSSR count). The fourth-order valence-corrected chi connectivity index (χ4v) is 3.56. The van der Waals surface area contributed by atoms with Crippen LogP contribution in [-0.2, 0) is 6.54 Å². The molecule has 1 aromatic carbocycles. The Bertz CT molecular complexity index is 805. The highest BCUT2D eigenvalue weighted by Gasteiger charge is 2.26. The predicted molar refractivity (Wildman–Crippen MR) is 91.6 cm³/mol. The van der Waals surface area contributed by atoms with Gasteiger partial charge in [0, 0.05) is 37.1 Å². The number of fused-ring (bicyclic) bond motifs is 1. The smallest absolute Gasteiger partial charge is 0.137 e. The number of hydrogen-bond acceptors (Lipinski definition) is 4. The molecule has 1 saturated heterocycles. The van der Waals surface area contributed by atoms with Crippen LogP contribution in [0.25, 0.3) is 10.8 Å². The number of aromatic nitrogens is 4. The maximum atomic E-state index is 4.67. The monoisotopic (exact) mass is 307 g/mol. The molecule has 0 radical (unpaired) electrons. The second-order valence-electron chi connectivity index (χ2n) is 6.12. The molecule has 0 amide bonds. The van der Waals surface area contributed by atoms with Gasteiger partial charge in [0.05, 0.1) is 0 Å². The number of rotatable bonds is 3. The van der Waals surface area contributed by atoms with Crippen LogP contribution in [0.5, 0.6) is 0 Å². The lowest BCUT2D eigenvalue weighted by Crippen LogP contribution is -2.36. The van der Waals surface area contributed by atoms with Crippen molar-refractivity contribution < 1.29 is 0 Å². The van der Waals surface area contributed by atoms with Gasteiger partial charge in [-0.3, -0.25) is 0 Å². The molecule has 5 heteroatoms. The zero-order valence-corrected chi connectivity index (χ0v) is 13.4. The predicted octanol–water partition coefficient (Wildman–Crippen LogP) is 3.23. The van der Waals surface area contributed by atoms with Crippen LogP contribution >= 0.6 is 0 Å². The van der Waals surface area contributed by atoms with E-state index in [-0.39, 0.29) is 0 Å². The van der Waals surface area contributed by atoms with Crippen LogP contribution < -0.4 is 4.90 Å². The molecular weight excluding hydrogens is 286 g/mol. The molecule has 0 N–H and O–H groups in total. The second kappa shape index (κ2) is 5.99. The molecular formula is C18H21N5. The lowest BCUT2D eigenvalue weighted by atomic mass is 9.96. The van der Waals surface area contributed by atoms with Gasteiger partial charge >= 0.3 is 0 Å². The Morgan fingerprint density at radius 1 is 1.22 bits per heavy atom. The van der Waals surface area contributed by atoms with E-state index in [1.54, 1.807) is 0 Å². The van der Waals surface area contributed by atoms with Crippen LogP contribution in [0.3, 0.4) is 0 Å². The van der Waals surface area contributed by atoms with E-state index in [4.69, 9.17) is 0 Å². The summed E-state index contributed by atoms with van der Waals surface area (Å²) in [6.07, 6.45) is 6.08. The Morgan fingerprint density at radius 2 is 2.13 bits per heavy atom. The van der Waals surface area contributed by atoms with Gasteiger partial charge in [0.25, 0.3) is 0 Å². The molecule has 1 atom stereocenters. The van der Waals surface area contributed by atoms with Gasteiger partial charge in [-0.25, -0.2) is 4.98 Å². The van der Waals surface area contributed by atoms with E-state index in [1.807, 2.05) is 12.5 Å². The van der Waals surface area contributed by atoms with Crippen molar-refractivity contribution in [2.75, 3.05) is 18.0 Å². The normalized spacial score (nSPS) is 18.5. The summed E-state index contributed by atoms with van der Waals surface area (Å²) in [4.78, 5) is 7.08. The molecule has 0 saturated carbocycles. The first-order chi connectivity index (χ1) is 11.4. The van der Waals surface area contributed by atoms with Crippen molar-refractivity contribution in [1.29, 1.82) is 0 Å². The third-order valence-electron chi connectivity index (χ3n) is 4.72. The van der Waals surface area contributed by atoms with Gasteiger partial charge in [-0.1, -0.05) is 24.3 Å². The number of piperidine rings is 1. The van der Waals surface area contributed by atoms with Crippen molar-refractivity contribution in [2.24, 2.45) is 0 Å². The Balaban J connectivity index is 1.67. The Labute approximate surface area is 136 Å². The summed E-state index contributed by atoms with van der Waals surface area (Å²) >= 11 is 0. The Kier molecular flexibility index (Phi) is 3.69. The molecule has 118 valence electrons. The first kappa shape index (κ1) is 14.2. The van der Waals surface area contributed by atoms with Gasteiger partial charge in [-0.15, -0.1) is 10.2 Å². The van der Waals surface area contributed by atoms with Crippen molar-refractivity contribution in [3.8, 4) is 0 Å². The lowest BCUT2D eigenvalue weighted by Gasteiger charge is -2.33. The van der Waals surface area contributed by atoms with Gasteiger partial charge in [0.1, 0.15) is 18.0 Å². The number of nitrogens with zero attached hydrogens (tertiary/aromatic N) is 5. The standard InChI is InChI=1S/C18H21N5/c1-2-22-13-20-21-17(22)15-7-5-11-23(12-15)18-16-8-4-3-6-14(16)9-10-19-18/h3-4,6,8-10,13,15H,2,5,7,11-12H2,1H3. The SMILES string of the molecule is CCn1cnnc1C1CCCN(c2nccc3ccccc23)C1. The number of aryl methyl sites for hydroxylation is 1. The number of benzene rings is 1. The molecule has 3 heterocycles. The molecule has 3 aromatic rings. The summed E-state index contributed by atoms with van der Waals surface area (Å²) in [7, 11) is 0. The summed E-state index contributed by atoms with van der Waals surface area (Å²) in [5.74, 6) is 2.62. The Hall–Kier alpha value is -2.43. The summed E-state index contributed by atoms with van der Waals surface area (Å²) in [6.45, 7) is 5.07. The molecule has 0 aliphatic carbocycles. The highest BCUT2D eigenvalue weighted by molar-refractivity contribution is 5.92. The topological polar surface area (TPSA) is 46.8 Å². The van der Waals surface area contributed by atoms with E-state index in [1.165, 1.54) is 17.2 Å². The summed E-state index contributed by atoms with van der Waals surface area (Å²) in [5, 5.41) is 10.9. The molecule has 1 aliphatic heterocycles. The van der Waals surface area contributed by atoms with Crippen molar-refractivity contribution in [2.45, 2.75) is 32.2 Å². The summed E-state index contributed by atoms with van der Waals surface area (Å²) in [5.41, 5.74) is 0. The van der Waals surface area contributed by atoms with E-state index in [0.717, 1.165) is 37.7 Å². The highest BCUT2D eigenvalue weighted by atomic mass is 15.3. The Morgan fingerprint density at radius 3 is 3.04 bits per heavy atom.